The second-order valence-electron chi connectivity index (χ2n) is 9.93. The molecule has 0 spiro atoms. The molecule has 8 aromatic rings. The third kappa shape index (κ3) is 5.84. The van der Waals surface area contributed by atoms with Crippen LogP contribution in [0.1, 0.15) is 5.56 Å². The van der Waals surface area contributed by atoms with Crippen LogP contribution in [0.15, 0.2) is 146 Å². The number of hydrogen-bond donors (Lipinski definition) is 0. The van der Waals surface area contributed by atoms with Crippen molar-refractivity contribution in [2.24, 2.45) is 0 Å². The molecule has 0 aliphatic rings. The molecule has 0 saturated carbocycles. The monoisotopic (exact) mass is 645 g/mol. The van der Waals surface area contributed by atoms with E-state index in [1.54, 1.807) is 0 Å². The summed E-state index contributed by atoms with van der Waals surface area (Å²) >= 11 is 0. The second-order valence-corrected chi connectivity index (χ2v) is 9.93. The maximum Gasteiger partial charge on any atom is 4.00 e. The summed E-state index contributed by atoms with van der Waals surface area (Å²) in [6, 6.07) is 49.9. The molecule has 41 heavy (non-hydrogen) atoms. The van der Waals surface area contributed by atoms with Gasteiger partial charge in [-0.05, 0) is 40.8 Å². The van der Waals surface area contributed by atoms with E-state index in [1.807, 2.05) is 0 Å². The standard InChI is InChI=1S/C28H20N.C9H7.2ClH.Zr/c1-19-10-13-26(27-8-4-3-7-25(19)27)23-16-21-11-12-24(18-22(21)17-23)29-15-14-20-6-2-5-9-28(20)29;1-2-5-9-7-3-6-8(9)4-1;;;/h2-18H,1H3;1-7H;2*1H;/q2*-1;;;+4/p-2. The average molecular weight is 648 g/mol. The molecule has 198 valence electrons. The van der Waals surface area contributed by atoms with Crippen molar-refractivity contribution in [1.82, 2.24) is 4.57 Å². The largest absolute Gasteiger partial charge is 4.00 e. The number of nitrogens with zero attached hydrogens (tertiary/aromatic N) is 1. The number of aromatic nitrogens is 1. The molecule has 0 amide bonds. The van der Waals surface area contributed by atoms with Crippen molar-refractivity contribution in [2.45, 2.75) is 6.92 Å². The van der Waals surface area contributed by atoms with Crippen LogP contribution in [0, 0.1) is 6.92 Å². The Labute approximate surface area is 272 Å². The van der Waals surface area contributed by atoms with Gasteiger partial charge < -0.3 is 29.4 Å². The van der Waals surface area contributed by atoms with E-state index in [9.17, 15) is 0 Å². The van der Waals surface area contributed by atoms with Gasteiger partial charge in [-0.1, -0.05) is 84.4 Å². The molecular formula is C37H27Cl2NZr. The van der Waals surface area contributed by atoms with Gasteiger partial charge in [-0.2, -0.15) is 17.5 Å². The number of hydrogen-bond acceptors (Lipinski definition) is 0. The van der Waals surface area contributed by atoms with Crippen molar-refractivity contribution in [1.29, 1.82) is 0 Å². The van der Waals surface area contributed by atoms with Crippen LogP contribution in [-0.2, 0) is 26.2 Å². The van der Waals surface area contributed by atoms with Crippen molar-refractivity contribution in [3.8, 4) is 16.8 Å². The second kappa shape index (κ2) is 13.0. The van der Waals surface area contributed by atoms with Gasteiger partial charge in [0.15, 0.2) is 0 Å². The Bertz CT molecular complexity index is 2030. The smallest absolute Gasteiger partial charge is 1.00 e. The number of aryl methyl sites for hydroxylation is 1. The molecule has 4 heteroatoms. The predicted molar refractivity (Wildman–Crippen MR) is 164 cm³/mol. The van der Waals surface area contributed by atoms with Gasteiger partial charge in [-0.25, -0.2) is 0 Å². The summed E-state index contributed by atoms with van der Waals surface area (Å²) in [4.78, 5) is 0. The molecule has 1 nitrogen and oxygen atoms in total. The van der Waals surface area contributed by atoms with E-state index in [1.165, 1.54) is 65.6 Å². The molecule has 7 aromatic carbocycles. The van der Waals surface area contributed by atoms with Gasteiger partial charge in [0.25, 0.3) is 0 Å². The van der Waals surface area contributed by atoms with E-state index < -0.39 is 0 Å². The normalized spacial score (nSPS) is 10.5. The third-order valence-electron chi connectivity index (χ3n) is 7.57. The average Bonchev–Trinajstić information content (AvgIpc) is 3.71. The first kappa shape index (κ1) is 30.5. The van der Waals surface area contributed by atoms with E-state index in [0.29, 0.717) is 0 Å². The van der Waals surface area contributed by atoms with Gasteiger partial charge in [0.05, 0.1) is 5.52 Å². The first-order valence-corrected chi connectivity index (χ1v) is 13.1. The summed E-state index contributed by atoms with van der Waals surface area (Å²) in [6.07, 6.45) is 2.16. The maximum atomic E-state index is 2.32. The number of rotatable bonds is 2. The Morgan fingerprint density at radius 2 is 1.32 bits per heavy atom. The molecular weight excluding hydrogens is 621 g/mol. The maximum absolute atomic E-state index is 2.32. The van der Waals surface area contributed by atoms with Crippen molar-refractivity contribution in [2.75, 3.05) is 0 Å². The van der Waals surface area contributed by atoms with Crippen LogP contribution in [0.2, 0.25) is 0 Å². The fraction of sp³-hybridized carbons (Fsp3) is 0.0270. The van der Waals surface area contributed by atoms with E-state index in [2.05, 4.69) is 157 Å². The first-order valence-electron chi connectivity index (χ1n) is 13.1. The van der Waals surface area contributed by atoms with Crippen LogP contribution in [-0.4, -0.2) is 4.57 Å². The molecule has 0 aliphatic carbocycles. The summed E-state index contributed by atoms with van der Waals surface area (Å²) in [6.45, 7) is 2.18. The van der Waals surface area contributed by atoms with Crippen LogP contribution in [0.5, 0.6) is 0 Å². The topological polar surface area (TPSA) is 4.93 Å². The van der Waals surface area contributed by atoms with Crippen molar-refractivity contribution >= 4 is 43.2 Å². The van der Waals surface area contributed by atoms with Gasteiger partial charge >= 0.3 is 26.2 Å². The van der Waals surface area contributed by atoms with Crippen LogP contribution in [0.3, 0.4) is 0 Å². The van der Waals surface area contributed by atoms with Crippen molar-refractivity contribution < 1.29 is 51.0 Å². The van der Waals surface area contributed by atoms with Gasteiger partial charge in [0.2, 0.25) is 0 Å². The summed E-state index contributed by atoms with van der Waals surface area (Å²) in [5.41, 5.74) is 6.34. The summed E-state index contributed by atoms with van der Waals surface area (Å²) in [7, 11) is 0. The van der Waals surface area contributed by atoms with Crippen LogP contribution in [0.25, 0.3) is 60.0 Å². The summed E-state index contributed by atoms with van der Waals surface area (Å²) < 4.78 is 2.27. The molecule has 0 unspecified atom stereocenters. The predicted octanol–water partition coefficient (Wildman–Crippen LogP) is 4.20. The minimum Gasteiger partial charge on any atom is -1.00 e. The molecule has 1 aromatic heterocycles. The van der Waals surface area contributed by atoms with Gasteiger partial charge in [-0.15, -0.1) is 58.1 Å². The third-order valence-corrected chi connectivity index (χ3v) is 7.57. The number of halogens is 2. The van der Waals surface area contributed by atoms with Crippen molar-refractivity contribution in [3.63, 3.8) is 0 Å². The van der Waals surface area contributed by atoms with Crippen LogP contribution >= 0.6 is 0 Å². The molecule has 0 saturated heterocycles. The molecule has 0 bridgehead atoms. The number of fused-ring (bicyclic) bond motifs is 4. The number of para-hydroxylation sites is 1. The quantitative estimate of drug-likeness (QED) is 0.248. The number of benzene rings is 5. The minimum absolute atomic E-state index is 0. The Hall–Kier alpha value is -3.42. The molecule has 0 N–H and O–H groups in total. The van der Waals surface area contributed by atoms with Crippen LogP contribution in [0.4, 0.5) is 0 Å². The summed E-state index contributed by atoms with van der Waals surface area (Å²) in [5.74, 6) is 0. The van der Waals surface area contributed by atoms with E-state index >= 15 is 0 Å². The van der Waals surface area contributed by atoms with Crippen molar-refractivity contribution in [3.05, 3.63) is 151 Å². The molecule has 0 aliphatic heterocycles. The zero-order chi connectivity index (χ0) is 25.5. The zero-order valence-electron chi connectivity index (χ0n) is 22.6. The zero-order valence-corrected chi connectivity index (χ0v) is 26.5. The fourth-order valence-corrected chi connectivity index (χ4v) is 5.58. The molecule has 1 heterocycles. The summed E-state index contributed by atoms with van der Waals surface area (Å²) in [5, 5.41) is 9.14. The van der Waals surface area contributed by atoms with Gasteiger partial charge in [0.1, 0.15) is 0 Å². The molecule has 0 radical (unpaired) electrons. The van der Waals surface area contributed by atoms with Gasteiger partial charge in [-0.3, -0.25) is 0 Å². The van der Waals surface area contributed by atoms with E-state index in [4.69, 9.17) is 0 Å². The van der Waals surface area contributed by atoms with E-state index in [-0.39, 0.29) is 51.0 Å². The Morgan fingerprint density at radius 3 is 2.15 bits per heavy atom. The molecule has 0 fully saturated rings. The Balaban J connectivity index is 0.000000277. The van der Waals surface area contributed by atoms with Gasteiger partial charge in [0, 0.05) is 11.9 Å². The van der Waals surface area contributed by atoms with E-state index in [0.717, 1.165) is 0 Å². The molecule has 8 rings (SSSR count). The minimum atomic E-state index is 0. The van der Waals surface area contributed by atoms with Crippen LogP contribution < -0.4 is 24.8 Å². The fourth-order valence-electron chi connectivity index (χ4n) is 5.58. The molecule has 0 atom stereocenters. The SMILES string of the molecule is Cc1ccc(-c2cc3ccc(-n4ccc5ccccc54)cc3[cH-]2)c2ccccc12.[Cl-].[Cl-].[Zr+4].c1ccc2[cH-]ccc2c1. The first-order chi connectivity index (χ1) is 18.7. The Kier molecular flexibility index (Phi) is 9.72. The Morgan fingerprint density at radius 1 is 0.585 bits per heavy atom.